The number of carbonyl (C=O) groups is 3. The fourth-order valence-electron chi connectivity index (χ4n) is 5.31. The first-order valence-corrected chi connectivity index (χ1v) is 13.5. The van der Waals surface area contributed by atoms with Crippen LogP contribution in [0.1, 0.15) is 45.5 Å². The summed E-state index contributed by atoms with van der Waals surface area (Å²) >= 11 is 0. The molecule has 1 aliphatic rings. The van der Waals surface area contributed by atoms with E-state index in [0.29, 0.717) is 28.2 Å². The normalized spacial score (nSPS) is 16.4. The number of anilines is 1. The number of nitrogens with zero attached hydrogens (tertiary/aromatic N) is 3. The highest BCUT2D eigenvalue weighted by Gasteiger charge is 2.45. The first-order valence-electron chi connectivity index (χ1n) is 13.5. The van der Waals surface area contributed by atoms with Crippen LogP contribution in [0, 0.1) is 0 Å². The highest BCUT2D eigenvalue weighted by Crippen LogP contribution is 2.42. The topological polar surface area (TPSA) is 96.3 Å². The summed E-state index contributed by atoms with van der Waals surface area (Å²) in [6.45, 7) is 5.62. The average molecular weight is 588 g/mol. The number of likely N-dealkylation sites (N-methyl/N-ethyl adjacent to an activating group) is 1. The van der Waals surface area contributed by atoms with Crippen LogP contribution < -0.4 is 15.5 Å². The quantitative estimate of drug-likeness (QED) is 0.284. The second-order valence-electron chi connectivity index (χ2n) is 9.88. The first-order chi connectivity index (χ1) is 20.6. The minimum atomic E-state index is -4.64. The van der Waals surface area contributed by atoms with Crippen molar-refractivity contribution in [1.82, 2.24) is 20.4 Å². The van der Waals surface area contributed by atoms with Crippen LogP contribution in [0.15, 0.2) is 97.7 Å². The molecule has 2 heterocycles. The molecule has 0 aliphatic carbocycles. The second kappa shape index (κ2) is 12.0. The van der Waals surface area contributed by atoms with E-state index in [1.54, 1.807) is 42.1 Å². The number of hydrogen-bond donors (Lipinski definition) is 2. The Morgan fingerprint density at radius 2 is 1.72 bits per heavy atom. The predicted molar refractivity (Wildman–Crippen MR) is 155 cm³/mol. The molecule has 0 radical (unpaired) electrons. The van der Waals surface area contributed by atoms with E-state index in [9.17, 15) is 27.6 Å². The van der Waals surface area contributed by atoms with Gasteiger partial charge in [-0.15, -0.1) is 0 Å². The molecule has 2 atom stereocenters. The van der Waals surface area contributed by atoms with Crippen molar-refractivity contribution in [2.75, 3.05) is 11.4 Å². The minimum Gasteiger partial charge on any atom is -0.348 e. The third kappa shape index (κ3) is 5.78. The van der Waals surface area contributed by atoms with Crippen molar-refractivity contribution in [3.63, 3.8) is 0 Å². The maximum atomic E-state index is 14.2. The number of rotatable bonds is 8. The molecule has 8 nitrogen and oxygen atoms in total. The Bertz CT molecular complexity index is 1680. The number of para-hydroxylation sites is 1. The predicted octanol–water partition coefficient (Wildman–Crippen LogP) is 4.99. The van der Waals surface area contributed by atoms with Crippen LogP contribution in [-0.2, 0) is 22.3 Å². The van der Waals surface area contributed by atoms with Crippen LogP contribution in [0.4, 0.5) is 19.0 Å². The van der Waals surface area contributed by atoms with Gasteiger partial charge >= 0.3 is 6.18 Å². The number of nitrogens with one attached hydrogen (secondary N) is 2. The van der Waals surface area contributed by atoms with Crippen molar-refractivity contribution in [1.29, 1.82) is 0 Å². The summed E-state index contributed by atoms with van der Waals surface area (Å²) in [7, 11) is 0. The Balaban J connectivity index is 1.64. The van der Waals surface area contributed by atoms with E-state index >= 15 is 0 Å². The van der Waals surface area contributed by atoms with Gasteiger partial charge in [0.1, 0.15) is 11.9 Å². The Morgan fingerprint density at radius 3 is 2.42 bits per heavy atom. The van der Waals surface area contributed by atoms with Gasteiger partial charge in [-0.25, -0.2) is 4.68 Å². The summed E-state index contributed by atoms with van der Waals surface area (Å²) in [5.41, 5.74) is 1.45. The summed E-state index contributed by atoms with van der Waals surface area (Å²) in [6.07, 6.45) is -1.87. The van der Waals surface area contributed by atoms with Crippen LogP contribution in [0.2, 0.25) is 0 Å². The lowest BCUT2D eigenvalue weighted by Crippen LogP contribution is -2.55. The smallest absolute Gasteiger partial charge is 0.348 e. The molecule has 1 aliphatic heterocycles. The monoisotopic (exact) mass is 587 g/mol. The summed E-state index contributed by atoms with van der Waals surface area (Å²) in [5.74, 6) is -1.95. The highest BCUT2D eigenvalue weighted by atomic mass is 19.4. The van der Waals surface area contributed by atoms with Crippen LogP contribution in [0.25, 0.3) is 5.69 Å². The summed E-state index contributed by atoms with van der Waals surface area (Å²) in [5, 5.41) is 10.1. The second-order valence-corrected chi connectivity index (χ2v) is 9.88. The van der Waals surface area contributed by atoms with Gasteiger partial charge in [0.25, 0.3) is 11.8 Å². The number of carbonyl (C=O) groups excluding carboxylic acids is 3. The van der Waals surface area contributed by atoms with Crippen molar-refractivity contribution in [3.05, 3.63) is 126 Å². The largest absolute Gasteiger partial charge is 0.416 e. The van der Waals surface area contributed by atoms with Gasteiger partial charge in [0, 0.05) is 30.1 Å². The molecule has 0 fully saturated rings. The number of alkyl halides is 3. The number of fused-ring (bicyclic) bond motifs is 1. The first kappa shape index (κ1) is 29.3. The highest BCUT2D eigenvalue weighted by molar-refractivity contribution is 6.05. The van der Waals surface area contributed by atoms with Gasteiger partial charge in [0.15, 0.2) is 0 Å². The third-order valence-electron chi connectivity index (χ3n) is 7.31. The standard InChI is InChI=1S/C32H28F3N5O3/c1-3-26(41)36-18-21-11-8-9-16-24(21)27-25-19-37-40(23-14-6-5-7-15-23)30(25)39(4-2)31(43)28(27)38-29(42)20-12-10-13-22(17-20)32(33,34)35/h3,5-17,19,27-28H,1,4,18H2,2H3,(H,36,41)(H,38,42)/t27-,28+/m1/s1. The van der Waals surface area contributed by atoms with E-state index in [4.69, 9.17) is 0 Å². The molecule has 0 saturated heterocycles. The summed E-state index contributed by atoms with van der Waals surface area (Å²) in [6, 6.07) is 19.2. The zero-order valence-corrected chi connectivity index (χ0v) is 23.1. The molecular weight excluding hydrogens is 559 g/mol. The molecule has 43 heavy (non-hydrogen) atoms. The minimum absolute atomic E-state index is 0.111. The number of aromatic nitrogens is 2. The molecule has 0 unspecified atom stereocenters. The summed E-state index contributed by atoms with van der Waals surface area (Å²) in [4.78, 5) is 41.2. The van der Waals surface area contributed by atoms with E-state index in [0.717, 1.165) is 24.3 Å². The van der Waals surface area contributed by atoms with Crippen LogP contribution >= 0.6 is 0 Å². The Kier molecular flexibility index (Phi) is 8.16. The number of halogens is 3. The van der Waals surface area contributed by atoms with E-state index in [1.807, 2.05) is 30.3 Å². The number of benzene rings is 3. The van der Waals surface area contributed by atoms with E-state index in [1.165, 1.54) is 11.0 Å². The van der Waals surface area contributed by atoms with Crippen molar-refractivity contribution >= 4 is 23.5 Å². The number of amides is 3. The molecule has 3 amide bonds. The van der Waals surface area contributed by atoms with Crippen LogP contribution in [0.5, 0.6) is 0 Å². The molecule has 220 valence electrons. The SMILES string of the molecule is C=CC(=O)NCc1ccccc1[C@@H]1c2cnn(-c3ccccc3)c2N(CC)C(=O)[C@H]1NC(=O)c1cccc(C(F)(F)F)c1. The molecular formula is C32H28F3N5O3. The maximum Gasteiger partial charge on any atom is 0.416 e. The molecule has 2 N–H and O–H groups in total. The maximum absolute atomic E-state index is 14.2. The lowest BCUT2D eigenvalue weighted by atomic mass is 9.80. The molecule has 0 bridgehead atoms. The Labute approximate surface area is 245 Å². The molecule has 0 saturated carbocycles. The molecule has 0 spiro atoms. The lowest BCUT2D eigenvalue weighted by Gasteiger charge is -2.38. The molecule has 11 heteroatoms. The molecule has 4 aromatic rings. The van der Waals surface area contributed by atoms with E-state index in [-0.39, 0.29) is 18.7 Å². The third-order valence-corrected chi connectivity index (χ3v) is 7.31. The van der Waals surface area contributed by atoms with Gasteiger partial charge in [-0.1, -0.05) is 55.1 Å². The Morgan fingerprint density at radius 1 is 1.00 bits per heavy atom. The molecule has 3 aromatic carbocycles. The molecule has 1 aromatic heterocycles. The van der Waals surface area contributed by atoms with Gasteiger partial charge in [-0.2, -0.15) is 18.3 Å². The summed E-state index contributed by atoms with van der Waals surface area (Å²) < 4.78 is 41.9. The van der Waals surface area contributed by atoms with Gasteiger partial charge < -0.3 is 10.6 Å². The van der Waals surface area contributed by atoms with Crippen molar-refractivity contribution in [2.45, 2.75) is 31.6 Å². The fourth-order valence-corrected chi connectivity index (χ4v) is 5.31. The van der Waals surface area contributed by atoms with Crippen molar-refractivity contribution < 1.29 is 27.6 Å². The van der Waals surface area contributed by atoms with Crippen molar-refractivity contribution in [2.24, 2.45) is 0 Å². The van der Waals surface area contributed by atoms with Crippen molar-refractivity contribution in [3.8, 4) is 5.69 Å². The fraction of sp³-hybridized carbons (Fsp3) is 0.188. The lowest BCUT2D eigenvalue weighted by molar-refractivity contribution is -0.137. The van der Waals surface area contributed by atoms with Gasteiger partial charge in [-0.05, 0) is 54.5 Å². The van der Waals surface area contributed by atoms with Gasteiger partial charge in [0.05, 0.1) is 17.4 Å². The van der Waals surface area contributed by atoms with Crippen LogP contribution in [-0.4, -0.2) is 40.1 Å². The average Bonchev–Trinajstić information content (AvgIpc) is 3.45. The zero-order chi connectivity index (χ0) is 30.7. The molecule has 5 rings (SSSR count). The van der Waals surface area contributed by atoms with Gasteiger partial charge in [0.2, 0.25) is 5.91 Å². The zero-order valence-electron chi connectivity index (χ0n) is 23.1. The van der Waals surface area contributed by atoms with E-state index in [2.05, 4.69) is 22.3 Å². The number of hydrogen-bond acceptors (Lipinski definition) is 4. The van der Waals surface area contributed by atoms with E-state index < -0.39 is 41.4 Å². The Hall–Kier alpha value is -5.19. The van der Waals surface area contributed by atoms with Crippen LogP contribution in [0.3, 0.4) is 0 Å². The van der Waals surface area contributed by atoms with Gasteiger partial charge in [-0.3, -0.25) is 19.3 Å².